The van der Waals surface area contributed by atoms with Crippen molar-refractivity contribution in [3.8, 4) is 0 Å². The van der Waals surface area contributed by atoms with Gasteiger partial charge in [-0.3, -0.25) is 0 Å². The zero-order chi connectivity index (χ0) is 12.2. The third-order valence-electron chi connectivity index (χ3n) is 1.88. The zero-order valence-corrected chi connectivity index (χ0v) is 10.3. The van der Waals surface area contributed by atoms with Crippen LogP contribution in [0.5, 0.6) is 0 Å². The van der Waals surface area contributed by atoms with Crippen LogP contribution in [0, 0.1) is 0 Å². The Morgan fingerprint density at radius 3 is 2.44 bits per heavy atom. The molecule has 1 aromatic rings. The van der Waals surface area contributed by atoms with Crippen LogP contribution in [0.15, 0.2) is 24.5 Å². The lowest BCUT2D eigenvalue weighted by Gasteiger charge is -2.19. The minimum Gasteiger partial charge on any atom is -0.444 e. The van der Waals surface area contributed by atoms with Gasteiger partial charge in [-0.2, -0.15) is 0 Å². The van der Waals surface area contributed by atoms with Crippen molar-refractivity contribution >= 4 is 6.09 Å². The smallest absolute Gasteiger partial charge is 0.407 e. The van der Waals surface area contributed by atoms with Gasteiger partial charge in [0, 0.05) is 18.7 Å². The van der Waals surface area contributed by atoms with Crippen LogP contribution in [0.4, 0.5) is 4.79 Å². The number of nitrogens with zero attached hydrogens (tertiary/aromatic N) is 1. The molecule has 1 amide bonds. The summed E-state index contributed by atoms with van der Waals surface area (Å²) in [5.74, 6) is 0. The minimum absolute atomic E-state index is 0.388. The maximum atomic E-state index is 11.4. The number of hydrogen-bond acceptors (Lipinski definition) is 2. The van der Waals surface area contributed by atoms with Gasteiger partial charge in [0.1, 0.15) is 12.6 Å². The molecule has 4 heteroatoms. The van der Waals surface area contributed by atoms with Crippen molar-refractivity contribution in [3.05, 3.63) is 30.1 Å². The average molecular weight is 223 g/mol. The molecule has 1 aromatic heterocycles. The second kappa shape index (κ2) is 4.96. The fourth-order valence-electron chi connectivity index (χ4n) is 1.14. The Balaban J connectivity index is 2.40. The first-order chi connectivity index (χ1) is 7.37. The molecule has 0 saturated heterocycles. The molecular weight excluding hydrogens is 204 g/mol. The molecule has 0 spiro atoms. The normalized spacial score (nSPS) is 11.0. The van der Waals surface area contributed by atoms with Gasteiger partial charge in [-0.15, -0.1) is 0 Å². The Bertz CT molecular complexity index is 352. The number of pyridine rings is 1. The lowest BCUT2D eigenvalue weighted by Crippen LogP contribution is -2.32. The first-order valence-corrected chi connectivity index (χ1v) is 5.28. The van der Waals surface area contributed by atoms with E-state index in [2.05, 4.69) is 5.32 Å². The van der Waals surface area contributed by atoms with Crippen LogP contribution in [-0.4, -0.2) is 11.7 Å². The monoisotopic (exact) mass is 223 g/mol. The molecule has 0 aliphatic rings. The van der Waals surface area contributed by atoms with Crippen LogP contribution >= 0.6 is 0 Å². The molecule has 0 unspecified atom stereocenters. The van der Waals surface area contributed by atoms with E-state index < -0.39 is 5.60 Å². The second-order valence-corrected chi connectivity index (χ2v) is 4.73. The number of nitrogens with one attached hydrogen (secondary N) is 1. The van der Waals surface area contributed by atoms with Crippen LogP contribution in [0.1, 0.15) is 26.3 Å². The number of carbonyl (C=O) groups excluding carboxylic acids is 1. The Labute approximate surface area is 96.2 Å². The summed E-state index contributed by atoms with van der Waals surface area (Å²) in [7, 11) is 1.95. The number of alkyl carbamates (subject to hydrolysis) is 1. The highest BCUT2D eigenvalue weighted by Gasteiger charge is 2.15. The SMILES string of the molecule is C[n+]1ccc(CNC(=O)OC(C)(C)C)cc1. The largest absolute Gasteiger partial charge is 0.444 e. The van der Waals surface area contributed by atoms with Crippen molar-refractivity contribution in [2.75, 3.05) is 0 Å². The third-order valence-corrected chi connectivity index (χ3v) is 1.88. The van der Waals surface area contributed by atoms with Gasteiger partial charge in [-0.1, -0.05) is 0 Å². The van der Waals surface area contributed by atoms with Crippen LogP contribution in [0.25, 0.3) is 0 Å². The summed E-state index contributed by atoms with van der Waals surface area (Å²) in [6, 6.07) is 3.91. The van der Waals surface area contributed by atoms with E-state index in [9.17, 15) is 4.79 Å². The molecule has 88 valence electrons. The van der Waals surface area contributed by atoms with Crippen molar-refractivity contribution < 1.29 is 14.1 Å². The molecule has 0 aliphatic carbocycles. The molecule has 4 nitrogen and oxygen atoms in total. The summed E-state index contributed by atoms with van der Waals surface area (Å²) in [6.45, 7) is 6.01. The number of carbonyl (C=O) groups is 1. The Kier molecular flexibility index (Phi) is 3.88. The Morgan fingerprint density at radius 2 is 1.94 bits per heavy atom. The molecule has 1 rings (SSSR count). The van der Waals surface area contributed by atoms with Gasteiger partial charge in [0.15, 0.2) is 12.4 Å². The molecular formula is C12H19N2O2+. The maximum absolute atomic E-state index is 11.4. The molecule has 16 heavy (non-hydrogen) atoms. The standard InChI is InChI=1S/C12H18N2O2/c1-12(2,3)16-11(15)13-9-10-5-7-14(4)8-6-10/h5-8H,9H2,1-4H3/p+1. The molecule has 0 aliphatic heterocycles. The zero-order valence-electron chi connectivity index (χ0n) is 10.3. The number of aryl methyl sites for hydroxylation is 1. The molecule has 0 bridgehead atoms. The van der Waals surface area contributed by atoms with Gasteiger partial charge in [0.25, 0.3) is 0 Å². The summed E-state index contributed by atoms with van der Waals surface area (Å²) in [4.78, 5) is 11.4. The topological polar surface area (TPSA) is 42.2 Å². The molecule has 0 aromatic carbocycles. The van der Waals surface area contributed by atoms with Crippen molar-refractivity contribution in [1.29, 1.82) is 0 Å². The average Bonchev–Trinajstić information content (AvgIpc) is 2.14. The first kappa shape index (κ1) is 12.5. The molecule has 0 saturated carbocycles. The van der Waals surface area contributed by atoms with Crippen molar-refractivity contribution in [3.63, 3.8) is 0 Å². The summed E-state index contributed by atoms with van der Waals surface area (Å²) >= 11 is 0. The lowest BCUT2D eigenvalue weighted by molar-refractivity contribution is -0.671. The first-order valence-electron chi connectivity index (χ1n) is 5.28. The fraction of sp³-hybridized carbons (Fsp3) is 0.500. The van der Waals surface area contributed by atoms with E-state index in [0.29, 0.717) is 6.54 Å². The van der Waals surface area contributed by atoms with Gasteiger partial charge in [-0.25, -0.2) is 9.36 Å². The maximum Gasteiger partial charge on any atom is 0.407 e. The molecule has 0 atom stereocenters. The van der Waals surface area contributed by atoms with E-state index in [1.807, 2.05) is 56.9 Å². The third kappa shape index (κ3) is 4.77. The molecule has 0 radical (unpaired) electrons. The predicted octanol–water partition coefficient (Wildman–Crippen LogP) is 1.54. The fourth-order valence-corrected chi connectivity index (χ4v) is 1.14. The predicted molar refractivity (Wildman–Crippen MR) is 60.7 cm³/mol. The summed E-state index contributed by atoms with van der Waals surface area (Å²) in [5, 5.41) is 2.70. The number of aromatic nitrogens is 1. The number of ether oxygens (including phenoxy) is 1. The highest BCUT2D eigenvalue weighted by molar-refractivity contribution is 5.67. The van der Waals surface area contributed by atoms with Crippen molar-refractivity contribution in [2.24, 2.45) is 7.05 Å². The minimum atomic E-state index is -0.451. The van der Waals surface area contributed by atoms with E-state index in [1.165, 1.54) is 0 Å². The van der Waals surface area contributed by atoms with E-state index in [4.69, 9.17) is 4.74 Å². The van der Waals surface area contributed by atoms with Crippen molar-refractivity contribution in [1.82, 2.24) is 5.32 Å². The van der Waals surface area contributed by atoms with Gasteiger partial charge in [0.2, 0.25) is 0 Å². The van der Waals surface area contributed by atoms with E-state index >= 15 is 0 Å². The molecule has 1 N–H and O–H groups in total. The van der Waals surface area contributed by atoms with Gasteiger partial charge < -0.3 is 10.1 Å². The van der Waals surface area contributed by atoms with E-state index in [0.717, 1.165) is 5.56 Å². The lowest BCUT2D eigenvalue weighted by atomic mass is 10.2. The number of rotatable bonds is 2. The highest BCUT2D eigenvalue weighted by atomic mass is 16.6. The summed E-state index contributed by atoms with van der Waals surface area (Å²) in [5.41, 5.74) is 0.594. The van der Waals surface area contributed by atoms with Crippen molar-refractivity contribution in [2.45, 2.75) is 32.9 Å². The van der Waals surface area contributed by atoms with Crippen LogP contribution in [0.2, 0.25) is 0 Å². The second-order valence-electron chi connectivity index (χ2n) is 4.73. The van der Waals surface area contributed by atoms with Gasteiger partial charge >= 0.3 is 6.09 Å². The number of amides is 1. The number of hydrogen-bond donors (Lipinski definition) is 1. The van der Waals surface area contributed by atoms with E-state index in [1.54, 1.807) is 0 Å². The summed E-state index contributed by atoms with van der Waals surface area (Å²) < 4.78 is 7.07. The molecule has 1 heterocycles. The summed E-state index contributed by atoms with van der Waals surface area (Å²) in [6.07, 6.45) is 3.49. The Hall–Kier alpha value is -1.58. The Morgan fingerprint density at radius 1 is 1.38 bits per heavy atom. The quantitative estimate of drug-likeness (QED) is 0.773. The van der Waals surface area contributed by atoms with Crippen LogP contribution in [-0.2, 0) is 18.3 Å². The highest BCUT2D eigenvalue weighted by Crippen LogP contribution is 2.06. The van der Waals surface area contributed by atoms with Crippen LogP contribution < -0.4 is 9.88 Å². The molecule has 0 fully saturated rings. The van der Waals surface area contributed by atoms with E-state index in [-0.39, 0.29) is 6.09 Å². The van der Waals surface area contributed by atoms with Gasteiger partial charge in [0.05, 0.1) is 0 Å². The van der Waals surface area contributed by atoms with Gasteiger partial charge in [-0.05, 0) is 26.3 Å². The van der Waals surface area contributed by atoms with Crippen LogP contribution in [0.3, 0.4) is 0 Å².